The molecule has 1 aromatic heterocycles. The predicted octanol–water partition coefficient (Wildman–Crippen LogP) is 2.76. The van der Waals surface area contributed by atoms with Crippen molar-refractivity contribution in [2.45, 2.75) is 19.0 Å². The summed E-state index contributed by atoms with van der Waals surface area (Å²) in [6.45, 7) is 4.90. The van der Waals surface area contributed by atoms with Crippen molar-refractivity contribution in [3.05, 3.63) is 51.4 Å². The predicted molar refractivity (Wildman–Crippen MR) is 103 cm³/mol. The highest BCUT2D eigenvalue weighted by Gasteiger charge is 2.34. The molecule has 142 valence electrons. The zero-order valence-corrected chi connectivity index (χ0v) is 15.7. The maximum Gasteiger partial charge on any atom is 0.323 e. The summed E-state index contributed by atoms with van der Waals surface area (Å²) in [5.74, 6) is -0.0872. The van der Waals surface area contributed by atoms with Crippen molar-refractivity contribution >= 4 is 23.0 Å². The number of nitro benzene ring substituents is 1. The standard InChI is InChI=1S/C19H21N3O4S/c23-19-17(7-12-26-19)21-10-8-20(9-11-21)13-14-5-6-18(27-14)15-3-1-2-4-16(15)22(24)25/h1-6,17H,7-13H2. The summed E-state index contributed by atoms with van der Waals surface area (Å²) in [7, 11) is 0. The molecular formula is C19H21N3O4S. The van der Waals surface area contributed by atoms with Gasteiger partial charge in [0, 0.05) is 55.0 Å². The smallest absolute Gasteiger partial charge is 0.323 e. The minimum absolute atomic E-state index is 0.0703. The monoisotopic (exact) mass is 387 g/mol. The van der Waals surface area contributed by atoms with Crippen LogP contribution >= 0.6 is 11.3 Å². The van der Waals surface area contributed by atoms with E-state index in [9.17, 15) is 14.9 Å². The van der Waals surface area contributed by atoms with Crippen LogP contribution in [0.2, 0.25) is 0 Å². The molecule has 8 heteroatoms. The van der Waals surface area contributed by atoms with E-state index in [0.717, 1.165) is 44.0 Å². The number of rotatable bonds is 5. The van der Waals surface area contributed by atoms with Gasteiger partial charge in [0.1, 0.15) is 6.04 Å². The van der Waals surface area contributed by atoms with Crippen LogP contribution < -0.4 is 0 Å². The molecule has 2 aliphatic heterocycles. The Kier molecular flexibility index (Phi) is 5.20. The van der Waals surface area contributed by atoms with Gasteiger partial charge in [0.15, 0.2) is 0 Å². The van der Waals surface area contributed by atoms with Crippen molar-refractivity contribution in [3.63, 3.8) is 0 Å². The van der Waals surface area contributed by atoms with Crippen molar-refractivity contribution < 1.29 is 14.5 Å². The van der Waals surface area contributed by atoms with Gasteiger partial charge in [-0.25, -0.2) is 0 Å². The molecule has 1 unspecified atom stereocenters. The van der Waals surface area contributed by atoms with Crippen LogP contribution in [0.1, 0.15) is 11.3 Å². The van der Waals surface area contributed by atoms with Crippen LogP contribution in [0.25, 0.3) is 10.4 Å². The van der Waals surface area contributed by atoms with Crippen LogP contribution in [0.4, 0.5) is 5.69 Å². The number of piperazine rings is 1. The number of carbonyl (C=O) groups excluding carboxylic acids is 1. The van der Waals surface area contributed by atoms with Gasteiger partial charge in [0.2, 0.25) is 0 Å². The van der Waals surface area contributed by atoms with Crippen molar-refractivity contribution in [1.29, 1.82) is 0 Å². The third kappa shape index (κ3) is 3.87. The normalized spacial score (nSPS) is 21.3. The van der Waals surface area contributed by atoms with Gasteiger partial charge in [-0.2, -0.15) is 0 Å². The van der Waals surface area contributed by atoms with E-state index in [1.54, 1.807) is 29.5 Å². The Morgan fingerprint density at radius 3 is 2.63 bits per heavy atom. The molecule has 0 bridgehead atoms. The maximum absolute atomic E-state index is 11.7. The van der Waals surface area contributed by atoms with E-state index in [4.69, 9.17) is 4.74 Å². The van der Waals surface area contributed by atoms with Crippen LogP contribution in [0.15, 0.2) is 36.4 Å². The van der Waals surface area contributed by atoms with Crippen molar-refractivity contribution in [1.82, 2.24) is 9.80 Å². The molecule has 0 N–H and O–H groups in total. The number of esters is 1. The van der Waals surface area contributed by atoms with Gasteiger partial charge in [-0.1, -0.05) is 12.1 Å². The van der Waals surface area contributed by atoms with E-state index in [1.807, 2.05) is 12.1 Å². The highest BCUT2D eigenvalue weighted by molar-refractivity contribution is 7.15. The largest absolute Gasteiger partial charge is 0.464 e. The fourth-order valence-electron chi connectivity index (χ4n) is 3.72. The molecule has 7 nitrogen and oxygen atoms in total. The molecule has 1 atom stereocenters. The molecule has 0 amide bonds. The van der Waals surface area contributed by atoms with E-state index < -0.39 is 0 Å². The molecule has 27 heavy (non-hydrogen) atoms. The second-order valence-electron chi connectivity index (χ2n) is 6.82. The third-order valence-electron chi connectivity index (χ3n) is 5.16. The Bertz CT molecular complexity index is 845. The lowest BCUT2D eigenvalue weighted by Gasteiger charge is -2.36. The molecule has 2 fully saturated rings. The molecule has 0 radical (unpaired) electrons. The lowest BCUT2D eigenvalue weighted by molar-refractivity contribution is -0.384. The first-order chi connectivity index (χ1) is 13.1. The van der Waals surface area contributed by atoms with E-state index in [0.29, 0.717) is 12.2 Å². The number of cyclic esters (lactones) is 1. The summed E-state index contributed by atoms with van der Waals surface area (Å²) in [4.78, 5) is 29.4. The fourth-order valence-corrected chi connectivity index (χ4v) is 4.80. The van der Waals surface area contributed by atoms with Crippen molar-refractivity contribution in [3.8, 4) is 10.4 Å². The zero-order valence-electron chi connectivity index (χ0n) is 14.9. The summed E-state index contributed by atoms with van der Waals surface area (Å²) in [6, 6.07) is 10.8. The second-order valence-corrected chi connectivity index (χ2v) is 7.99. The van der Waals surface area contributed by atoms with Crippen LogP contribution in [-0.2, 0) is 16.1 Å². The maximum atomic E-state index is 11.7. The number of carbonyl (C=O) groups is 1. The first-order valence-electron chi connectivity index (χ1n) is 9.07. The van der Waals surface area contributed by atoms with Crippen molar-refractivity contribution in [2.75, 3.05) is 32.8 Å². The third-order valence-corrected chi connectivity index (χ3v) is 6.27. The highest BCUT2D eigenvalue weighted by atomic mass is 32.1. The number of nitrogens with zero attached hydrogens (tertiary/aromatic N) is 3. The van der Waals surface area contributed by atoms with Gasteiger partial charge in [-0.05, 0) is 18.2 Å². The molecule has 2 aromatic rings. The van der Waals surface area contributed by atoms with Gasteiger partial charge in [0.05, 0.1) is 17.1 Å². The Balaban J connectivity index is 1.38. The van der Waals surface area contributed by atoms with Crippen LogP contribution in [0.5, 0.6) is 0 Å². The second kappa shape index (κ2) is 7.75. The van der Waals surface area contributed by atoms with E-state index >= 15 is 0 Å². The first-order valence-corrected chi connectivity index (χ1v) is 9.89. The molecule has 0 saturated carbocycles. The molecule has 2 saturated heterocycles. The number of benzene rings is 1. The summed E-state index contributed by atoms with van der Waals surface area (Å²) in [5.41, 5.74) is 0.811. The minimum atomic E-state index is -0.331. The molecule has 0 aliphatic carbocycles. The molecular weight excluding hydrogens is 366 g/mol. The Morgan fingerprint density at radius 1 is 1.15 bits per heavy atom. The number of ether oxygens (including phenoxy) is 1. The lowest BCUT2D eigenvalue weighted by Crippen LogP contribution is -2.51. The van der Waals surface area contributed by atoms with Crippen molar-refractivity contribution in [2.24, 2.45) is 0 Å². The van der Waals surface area contributed by atoms with E-state index in [2.05, 4.69) is 15.9 Å². The number of nitro groups is 1. The Hall–Kier alpha value is -2.29. The van der Waals surface area contributed by atoms with Gasteiger partial charge >= 0.3 is 5.97 Å². The van der Waals surface area contributed by atoms with Gasteiger partial charge in [0.25, 0.3) is 5.69 Å². The van der Waals surface area contributed by atoms with E-state index in [-0.39, 0.29) is 22.6 Å². The summed E-state index contributed by atoms with van der Waals surface area (Å²) >= 11 is 1.60. The van der Waals surface area contributed by atoms with Crippen LogP contribution in [0, 0.1) is 10.1 Å². The van der Waals surface area contributed by atoms with Gasteiger partial charge < -0.3 is 4.74 Å². The first kappa shape index (κ1) is 18.1. The summed E-state index contributed by atoms with van der Waals surface area (Å²) < 4.78 is 5.07. The number of thiophene rings is 1. The summed E-state index contributed by atoms with van der Waals surface area (Å²) in [6.07, 6.45) is 0.795. The average molecular weight is 387 g/mol. The zero-order chi connectivity index (χ0) is 18.8. The van der Waals surface area contributed by atoms with Crippen LogP contribution in [-0.4, -0.2) is 59.5 Å². The number of para-hydroxylation sites is 1. The molecule has 0 spiro atoms. The highest BCUT2D eigenvalue weighted by Crippen LogP contribution is 2.35. The fraction of sp³-hybridized carbons (Fsp3) is 0.421. The average Bonchev–Trinajstić information content (AvgIpc) is 3.31. The molecule has 1 aromatic carbocycles. The lowest BCUT2D eigenvalue weighted by atomic mass is 10.1. The Morgan fingerprint density at radius 2 is 1.93 bits per heavy atom. The van der Waals surface area contributed by atoms with Gasteiger partial charge in [-0.15, -0.1) is 11.3 Å². The van der Waals surface area contributed by atoms with E-state index in [1.165, 1.54) is 4.88 Å². The topological polar surface area (TPSA) is 75.9 Å². The SMILES string of the molecule is O=C1OCCC1N1CCN(Cc2ccc(-c3ccccc3[N+](=O)[O-])s2)CC1. The molecule has 4 rings (SSSR count). The van der Waals surface area contributed by atoms with Crippen LogP contribution in [0.3, 0.4) is 0 Å². The minimum Gasteiger partial charge on any atom is -0.464 e. The number of hydrogen-bond acceptors (Lipinski definition) is 7. The number of hydrogen-bond donors (Lipinski definition) is 0. The van der Waals surface area contributed by atoms with Gasteiger partial charge in [-0.3, -0.25) is 24.7 Å². The summed E-state index contributed by atoms with van der Waals surface area (Å²) in [5, 5.41) is 11.2. The Labute approximate surface area is 161 Å². The quantitative estimate of drug-likeness (QED) is 0.446. The molecule has 2 aliphatic rings. The molecule has 3 heterocycles.